The molecule has 2 aromatic rings. The highest BCUT2D eigenvalue weighted by molar-refractivity contribution is 7.99. The third-order valence-electron chi connectivity index (χ3n) is 3.41. The number of rotatable bonds is 7. The molecule has 2 aromatic carbocycles. The van der Waals surface area contributed by atoms with Crippen molar-refractivity contribution in [2.24, 2.45) is 0 Å². The predicted octanol–water partition coefficient (Wildman–Crippen LogP) is 4.97. The van der Waals surface area contributed by atoms with E-state index >= 15 is 0 Å². The van der Waals surface area contributed by atoms with Gasteiger partial charge in [0.15, 0.2) is 0 Å². The fourth-order valence-electron chi connectivity index (χ4n) is 2.18. The van der Waals surface area contributed by atoms with Crippen LogP contribution in [0.2, 0.25) is 0 Å². The molecule has 3 heteroatoms. The van der Waals surface area contributed by atoms with E-state index in [0.29, 0.717) is 0 Å². The van der Waals surface area contributed by atoms with Crippen LogP contribution >= 0.6 is 11.8 Å². The molecule has 0 aromatic heterocycles. The first-order valence-corrected chi connectivity index (χ1v) is 8.36. The van der Waals surface area contributed by atoms with Gasteiger partial charge in [-0.3, -0.25) is 0 Å². The molecule has 0 fully saturated rings. The van der Waals surface area contributed by atoms with Gasteiger partial charge in [0.05, 0.1) is 0 Å². The fraction of sp³-hybridized carbons (Fsp3) is 0.333. The van der Waals surface area contributed by atoms with Crippen LogP contribution in [-0.4, -0.2) is 12.3 Å². The Bertz CT molecular complexity index is 553. The van der Waals surface area contributed by atoms with Crippen molar-refractivity contribution in [2.45, 2.75) is 31.2 Å². The molecule has 0 aliphatic rings. The van der Waals surface area contributed by atoms with Gasteiger partial charge in [0.1, 0.15) is 5.82 Å². The normalized spacial score (nSPS) is 12.3. The molecule has 0 radical (unpaired) electrons. The summed E-state index contributed by atoms with van der Waals surface area (Å²) in [6.45, 7) is 5.26. The lowest BCUT2D eigenvalue weighted by Gasteiger charge is -2.19. The van der Waals surface area contributed by atoms with E-state index in [0.717, 1.165) is 24.3 Å². The van der Waals surface area contributed by atoms with Crippen LogP contribution in [0.15, 0.2) is 53.4 Å². The summed E-state index contributed by atoms with van der Waals surface area (Å²) in [5.41, 5.74) is 2.45. The molecule has 21 heavy (non-hydrogen) atoms. The predicted molar refractivity (Wildman–Crippen MR) is 89.3 cm³/mol. The molecule has 1 atom stereocenters. The molecule has 0 aliphatic heterocycles. The van der Waals surface area contributed by atoms with Crippen molar-refractivity contribution >= 4 is 11.8 Å². The van der Waals surface area contributed by atoms with Gasteiger partial charge < -0.3 is 5.32 Å². The Balaban J connectivity index is 2.06. The molecule has 1 unspecified atom stereocenters. The largest absolute Gasteiger partial charge is 0.309 e. The minimum Gasteiger partial charge on any atom is -0.309 e. The summed E-state index contributed by atoms with van der Waals surface area (Å²) in [7, 11) is 0. The Morgan fingerprint density at radius 1 is 1.10 bits per heavy atom. The van der Waals surface area contributed by atoms with E-state index in [1.165, 1.54) is 22.6 Å². The van der Waals surface area contributed by atoms with Crippen molar-refractivity contribution in [3.8, 4) is 0 Å². The first kappa shape index (κ1) is 16.1. The van der Waals surface area contributed by atoms with E-state index in [4.69, 9.17) is 0 Å². The van der Waals surface area contributed by atoms with Crippen LogP contribution in [-0.2, 0) is 0 Å². The molecule has 0 bridgehead atoms. The highest BCUT2D eigenvalue weighted by atomic mass is 32.2. The van der Waals surface area contributed by atoms with Crippen LogP contribution in [0.5, 0.6) is 0 Å². The number of nitrogens with one attached hydrogen (secondary N) is 1. The van der Waals surface area contributed by atoms with Crippen LogP contribution in [0.1, 0.15) is 30.5 Å². The van der Waals surface area contributed by atoms with Crippen molar-refractivity contribution in [3.05, 3.63) is 65.5 Å². The monoisotopic (exact) mass is 303 g/mol. The quantitative estimate of drug-likeness (QED) is 0.725. The molecule has 112 valence electrons. The maximum Gasteiger partial charge on any atom is 0.123 e. The molecule has 2 rings (SSSR count). The Labute approximate surface area is 131 Å². The van der Waals surface area contributed by atoms with Crippen molar-refractivity contribution < 1.29 is 4.39 Å². The average molecular weight is 303 g/mol. The van der Waals surface area contributed by atoms with Gasteiger partial charge in [-0.25, -0.2) is 4.39 Å². The summed E-state index contributed by atoms with van der Waals surface area (Å²) in [5, 5.41) is 3.55. The van der Waals surface area contributed by atoms with Crippen LogP contribution in [0.25, 0.3) is 0 Å². The van der Waals surface area contributed by atoms with Crippen molar-refractivity contribution in [2.75, 3.05) is 12.3 Å². The van der Waals surface area contributed by atoms with Crippen LogP contribution in [0.4, 0.5) is 4.39 Å². The number of halogens is 1. The van der Waals surface area contributed by atoms with Gasteiger partial charge in [-0.15, -0.1) is 11.8 Å². The van der Waals surface area contributed by atoms with Gasteiger partial charge >= 0.3 is 0 Å². The van der Waals surface area contributed by atoms with Gasteiger partial charge in [0, 0.05) is 16.7 Å². The Morgan fingerprint density at radius 3 is 2.48 bits per heavy atom. The summed E-state index contributed by atoms with van der Waals surface area (Å²) in [5.74, 6) is 0.760. The summed E-state index contributed by atoms with van der Waals surface area (Å²) in [4.78, 5) is 1.31. The van der Waals surface area contributed by atoms with Crippen molar-refractivity contribution in [1.82, 2.24) is 5.32 Å². The lowest BCUT2D eigenvalue weighted by molar-refractivity contribution is 0.574. The zero-order chi connectivity index (χ0) is 15.1. The summed E-state index contributed by atoms with van der Waals surface area (Å²) in [6, 6.07) is 15.5. The number of benzene rings is 2. The Kier molecular flexibility index (Phi) is 6.27. The van der Waals surface area contributed by atoms with Gasteiger partial charge in [-0.2, -0.15) is 0 Å². The molecular weight excluding hydrogens is 281 g/mol. The minimum atomic E-state index is -0.181. The first-order valence-electron chi connectivity index (χ1n) is 7.38. The second kappa shape index (κ2) is 8.20. The minimum absolute atomic E-state index is 0.181. The van der Waals surface area contributed by atoms with E-state index < -0.39 is 0 Å². The highest BCUT2D eigenvalue weighted by Crippen LogP contribution is 2.27. The molecule has 0 saturated heterocycles. The highest BCUT2D eigenvalue weighted by Gasteiger charge is 2.12. The second-order valence-electron chi connectivity index (χ2n) is 5.13. The van der Waals surface area contributed by atoms with Gasteiger partial charge in [-0.1, -0.05) is 37.3 Å². The van der Waals surface area contributed by atoms with Crippen LogP contribution in [0, 0.1) is 12.7 Å². The standard InChI is InChI=1S/C18H22FNS/c1-3-12-20-17(15-8-10-16(19)11-9-15)13-21-18-7-5-4-6-14(18)2/h4-11,17,20H,3,12-13H2,1-2H3. The molecule has 0 amide bonds. The molecule has 0 spiro atoms. The summed E-state index contributed by atoms with van der Waals surface area (Å²) in [6.07, 6.45) is 1.09. The number of hydrogen-bond acceptors (Lipinski definition) is 2. The fourth-order valence-corrected chi connectivity index (χ4v) is 3.31. The molecular formula is C18H22FNS. The Hall–Kier alpha value is -1.32. The maximum absolute atomic E-state index is 13.1. The molecule has 1 N–H and O–H groups in total. The summed E-state index contributed by atoms with van der Waals surface area (Å²) >= 11 is 1.85. The van der Waals surface area contributed by atoms with E-state index in [1.807, 2.05) is 23.9 Å². The molecule has 0 saturated carbocycles. The number of hydrogen-bond donors (Lipinski definition) is 1. The van der Waals surface area contributed by atoms with E-state index in [1.54, 1.807) is 0 Å². The second-order valence-corrected chi connectivity index (χ2v) is 6.20. The third kappa shape index (κ3) is 4.87. The smallest absolute Gasteiger partial charge is 0.123 e. The van der Waals surface area contributed by atoms with Crippen molar-refractivity contribution in [3.63, 3.8) is 0 Å². The third-order valence-corrected chi connectivity index (χ3v) is 4.68. The molecule has 0 heterocycles. The van der Waals surface area contributed by atoms with E-state index in [9.17, 15) is 4.39 Å². The lowest BCUT2D eigenvalue weighted by Crippen LogP contribution is -2.24. The summed E-state index contributed by atoms with van der Waals surface area (Å²) < 4.78 is 13.1. The van der Waals surface area contributed by atoms with E-state index in [2.05, 4.69) is 43.4 Å². The Morgan fingerprint density at radius 2 is 1.81 bits per heavy atom. The lowest BCUT2D eigenvalue weighted by atomic mass is 10.1. The first-order chi connectivity index (χ1) is 10.2. The van der Waals surface area contributed by atoms with Crippen LogP contribution < -0.4 is 5.32 Å². The molecule has 0 aliphatic carbocycles. The van der Waals surface area contributed by atoms with E-state index in [-0.39, 0.29) is 11.9 Å². The number of thioether (sulfide) groups is 1. The topological polar surface area (TPSA) is 12.0 Å². The SMILES string of the molecule is CCCNC(CSc1ccccc1C)c1ccc(F)cc1. The maximum atomic E-state index is 13.1. The zero-order valence-corrected chi connectivity index (χ0v) is 13.4. The molecule has 1 nitrogen and oxygen atoms in total. The zero-order valence-electron chi connectivity index (χ0n) is 12.6. The van der Waals surface area contributed by atoms with Gasteiger partial charge in [0.25, 0.3) is 0 Å². The van der Waals surface area contributed by atoms with Gasteiger partial charge in [-0.05, 0) is 49.2 Å². The van der Waals surface area contributed by atoms with Crippen molar-refractivity contribution in [1.29, 1.82) is 0 Å². The number of aryl methyl sites for hydroxylation is 1. The van der Waals surface area contributed by atoms with Crippen LogP contribution in [0.3, 0.4) is 0 Å². The average Bonchev–Trinajstić information content (AvgIpc) is 2.50. The van der Waals surface area contributed by atoms with Gasteiger partial charge in [0.2, 0.25) is 0 Å².